The second kappa shape index (κ2) is 42.7. The number of benzene rings is 4. The van der Waals surface area contributed by atoms with Crippen molar-refractivity contribution in [2.75, 3.05) is 27.4 Å². The van der Waals surface area contributed by atoms with Gasteiger partial charge >= 0.3 is 0 Å². The van der Waals surface area contributed by atoms with Crippen LogP contribution in [0.5, 0.6) is 23.0 Å². The normalized spacial score (nSPS) is 24.0. The Hall–Kier alpha value is -5.44. The van der Waals surface area contributed by atoms with Gasteiger partial charge in [0.25, 0.3) is 0 Å². The highest BCUT2D eigenvalue weighted by atomic mass is 19.2. The molecule has 8 rings (SSSR count). The number of unbranched alkanes of at least 4 members (excludes halogenated alkanes) is 14. The molecular weight excluding hydrogens is 1440 g/mol. The largest absolute Gasteiger partial charge is 0.491 e. The first-order chi connectivity index (χ1) is 50.5. The van der Waals surface area contributed by atoms with E-state index in [9.17, 15) is 80.5 Å². The molecule has 4 fully saturated rings. The Morgan fingerprint density at radius 1 is 0.311 bits per heavy atom. The molecular formula is C76H100F16O14. The van der Waals surface area contributed by atoms with E-state index in [2.05, 4.69) is 23.3 Å². The molecule has 4 aliphatic heterocycles. The Morgan fingerprint density at radius 2 is 0.538 bits per heavy atom. The van der Waals surface area contributed by atoms with Gasteiger partial charge in [-0.3, -0.25) is 0 Å². The van der Waals surface area contributed by atoms with Gasteiger partial charge in [-0.05, 0) is 91.9 Å². The minimum absolute atomic E-state index is 0.0370. The van der Waals surface area contributed by atoms with E-state index in [1.165, 1.54) is 0 Å². The SMILES string of the molecule is CCC1CC(CC2CC(CC(C)O)OC(CCCCCCCCCCOc3c(F)c(F)c(-c4c(F)c(F)c(OC)c(F)c4F)c(F)c3F)O2)OC(C)O1.CCC1CC(CC2CC(CC(C)O)OC(CCCCCCCCCCOc3c(F)c(F)c(-c4c(F)c(F)c(OC)c(F)c4F)c(F)c3F)O2)OC(C)O1. The summed E-state index contributed by atoms with van der Waals surface area (Å²) in [7, 11) is 1.38. The van der Waals surface area contributed by atoms with Crippen LogP contribution in [0.3, 0.4) is 0 Å². The zero-order valence-electron chi connectivity index (χ0n) is 61.1. The lowest BCUT2D eigenvalue weighted by molar-refractivity contribution is -0.272. The molecule has 30 heteroatoms. The van der Waals surface area contributed by atoms with Crippen LogP contribution in [0.1, 0.15) is 221 Å². The highest BCUT2D eigenvalue weighted by Gasteiger charge is 2.41. The van der Waals surface area contributed by atoms with Gasteiger partial charge in [0.15, 0.2) is 94.7 Å². The molecule has 600 valence electrons. The second-order valence-electron chi connectivity index (χ2n) is 27.6. The number of aliphatic hydroxyl groups excluding tert-OH is 2. The van der Waals surface area contributed by atoms with Gasteiger partial charge in [0.2, 0.25) is 46.5 Å². The van der Waals surface area contributed by atoms with Crippen LogP contribution in [-0.2, 0) is 37.9 Å². The van der Waals surface area contributed by atoms with E-state index in [0.717, 1.165) is 128 Å². The predicted molar refractivity (Wildman–Crippen MR) is 357 cm³/mol. The summed E-state index contributed by atoms with van der Waals surface area (Å²) >= 11 is 0. The third kappa shape index (κ3) is 23.8. The predicted octanol–water partition coefficient (Wildman–Crippen LogP) is 19.9. The molecule has 106 heavy (non-hydrogen) atoms. The number of methoxy groups -OCH3 is 2. The lowest BCUT2D eigenvalue weighted by atomic mass is 9.96. The Balaban J connectivity index is 0.000000296. The maximum absolute atomic E-state index is 14.8. The van der Waals surface area contributed by atoms with Gasteiger partial charge < -0.3 is 67.1 Å². The molecule has 14 atom stereocenters. The van der Waals surface area contributed by atoms with Crippen molar-refractivity contribution in [3.8, 4) is 45.3 Å². The first kappa shape index (κ1) is 87.8. The van der Waals surface area contributed by atoms with E-state index < -0.39 is 151 Å². The fraction of sp³-hybridized carbons (Fsp3) is 0.684. The minimum Gasteiger partial charge on any atom is -0.491 e. The van der Waals surface area contributed by atoms with Gasteiger partial charge in [0.05, 0.1) is 111 Å². The first-order valence-corrected chi connectivity index (χ1v) is 36.9. The molecule has 0 amide bonds. The lowest BCUT2D eigenvalue weighted by Gasteiger charge is -2.40. The summed E-state index contributed by atoms with van der Waals surface area (Å²) in [6.07, 6.45) is 19.2. The van der Waals surface area contributed by atoms with E-state index >= 15 is 0 Å². The quantitative estimate of drug-likeness (QED) is 0.0249. The summed E-state index contributed by atoms with van der Waals surface area (Å²) in [5, 5.41) is 20.0. The fourth-order valence-corrected chi connectivity index (χ4v) is 14.0. The van der Waals surface area contributed by atoms with Crippen molar-refractivity contribution in [3.63, 3.8) is 0 Å². The monoisotopic (exact) mass is 1540 g/mol. The molecule has 0 aliphatic carbocycles. The van der Waals surface area contributed by atoms with Crippen LogP contribution in [0.15, 0.2) is 0 Å². The molecule has 0 bridgehead atoms. The Morgan fingerprint density at radius 3 is 0.802 bits per heavy atom. The maximum Gasteiger partial charge on any atom is 0.204 e. The Labute approximate surface area is 608 Å². The lowest BCUT2D eigenvalue weighted by Crippen LogP contribution is -2.43. The molecule has 0 radical (unpaired) electrons. The van der Waals surface area contributed by atoms with E-state index in [1.807, 2.05) is 13.8 Å². The van der Waals surface area contributed by atoms with Crippen molar-refractivity contribution in [1.29, 1.82) is 0 Å². The third-order valence-corrected chi connectivity index (χ3v) is 19.1. The number of ether oxygens (including phenoxy) is 12. The molecule has 4 heterocycles. The van der Waals surface area contributed by atoms with E-state index in [4.69, 9.17) is 47.4 Å². The summed E-state index contributed by atoms with van der Waals surface area (Å²) in [6.45, 7) is 10.9. The highest BCUT2D eigenvalue weighted by Crippen LogP contribution is 2.45. The average molecular weight is 1540 g/mol. The topological polar surface area (TPSA) is 151 Å². The van der Waals surface area contributed by atoms with Crippen LogP contribution in [0.25, 0.3) is 22.3 Å². The van der Waals surface area contributed by atoms with Gasteiger partial charge in [0.1, 0.15) is 0 Å². The summed E-state index contributed by atoms with van der Waals surface area (Å²) in [5.41, 5.74) is -7.87. The molecule has 0 spiro atoms. The van der Waals surface area contributed by atoms with Gasteiger partial charge in [-0.1, -0.05) is 90.9 Å². The summed E-state index contributed by atoms with van der Waals surface area (Å²) in [4.78, 5) is 0. The number of hydrogen-bond acceptors (Lipinski definition) is 14. The van der Waals surface area contributed by atoms with Crippen molar-refractivity contribution >= 4 is 0 Å². The molecule has 2 N–H and O–H groups in total. The zero-order chi connectivity index (χ0) is 77.6. The fourth-order valence-electron chi connectivity index (χ4n) is 14.0. The van der Waals surface area contributed by atoms with Crippen LogP contribution >= 0.6 is 0 Å². The first-order valence-electron chi connectivity index (χ1n) is 36.9. The number of aliphatic hydroxyl groups is 2. The number of rotatable bonds is 38. The minimum atomic E-state index is -2.30. The summed E-state index contributed by atoms with van der Waals surface area (Å²) < 4.78 is 299. The zero-order valence-corrected chi connectivity index (χ0v) is 61.1. The Bertz CT molecular complexity index is 3090. The third-order valence-electron chi connectivity index (χ3n) is 19.1. The smallest absolute Gasteiger partial charge is 0.204 e. The molecule has 4 aromatic rings. The van der Waals surface area contributed by atoms with Gasteiger partial charge in [-0.25, -0.2) is 35.1 Å². The van der Waals surface area contributed by atoms with Crippen LogP contribution in [-0.4, -0.2) is 124 Å². The highest BCUT2D eigenvalue weighted by molar-refractivity contribution is 5.70. The molecule has 4 saturated heterocycles. The van der Waals surface area contributed by atoms with Crippen LogP contribution in [0.2, 0.25) is 0 Å². The maximum atomic E-state index is 14.8. The van der Waals surface area contributed by atoms with E-state index in [-0.39, 0.29) is 100 Å². The van der Waals surface area contributed by atoms with E-state index in [0.29, 0.717) is 52.7 Å². The van der Waals surface area contributed by atoms with Crippen molar-refractivity contribution in [2.24, 2.45) is 0 Å². The van der Waals surface area contributed by atoms with E-state index in [1.54, 1.807) is 13.8 Å². The van der Waals surface area contributed by atoms with Gasteiger partial charge in [0, 0.05) is 38.5 Å². The van der Waals surface area contributed by atoms with Crippen molar-refractivity contribution in [3.05, 3.63) is 93.1 Å². The van der Waals surface area contributed by atoms with Crippen LogP contribution in [0, 0.1) is 93.1 Å². The molecule has 4 aromatic carbocycles. The molecule has 14 unspecified atom stereocenters. The molecule has 0 saturated carbocycles. The molecule has 0 aromatic heterocycles. The summed E-state index contributed by atoms with van der Waals surface area (Å²) in [6, 6.07) is 0. The Kier molecular flexibility index (Phi) is 35.3. The van der Waals surface area contributed by atoms with Crippen molar-refractivity contribution in [1.82, 2.24) is 0 Å². The average Bonchev–Trinajstić information content (AvgIpc) is 0.752. The van der Waals surface area contributed by atoms with Crippen molar-refractivity contribution < 1.29 is 137 Å². The summed E-state index contributed by atoms with van der Waals surface area (Å²) in [5.74, 6) is -41.3. The number of halogens is 16. The van der Waals surface area contributed by atoms with Gasteiger partial charge in [-0.2, -0.15) is 35.1 Å². The molecule has 4 aliphatic rings. The standard InChI is InChI=1S/2C38H50F8O7/c2*1-5-22-17-24(51-21(3)50-22)19-25-18-23(16-20(2)47)52-26(53-25)14-12-10-8-6-7-9-11-13-15-49-38-35(45)31(41)28(32(42)36(38)46)27-29(39)33(43)37(48-4)34(44)30(27)40/h2*20-26,47H,5-19H2,1-4H3. The van der Waals surface area contributed by atoms with Crippen LogP contribution in [0.4, 0.5) is 70.2 Å². The van der Waals surface area contributed by atoms with Crippen LogP contribution < -0.4 is 18.9 Å². The van der Waals surface area contributed by atoms with Crippen molar-refractivity contribution in [2.45, 2.75) is 308 Å². The number of hydrogen-bond donors (Lipinski definition) is 2. The van der Waals surface area contributed by atoms with Gasteiger partial charge in [-0.15, -0.1) is 0 Å². The molecule has 14 nitrogen and oxygen atoms in total. The second-order valence-corrected chi connectivity index (χ2v) is 27.6.